The zero-order valence-electron chi connectivity index (χ0n) is 7.49. The first-order valence-electron chi connectivity index (χ1n) is 3.60. The molecule has 0 heterocycles. The quantitative estimate of drug-likeness (QED) is 0.441. The molecule has 1 nitrogen and oxygen atoms in total. The summed E-state index contributed by atoms with van der Waals surface area (Å²) in [6.07, 6.45) is 2.68. The largest absolute Gasteiger partial charge is 0.501 e. The molecule has 0 aliphatic heterocycles. The van der Waals surface area contributed by atoms with Crippen molar-refractivity contribution < 1.29 is 4.43 Å². The maximum absolute atomic E-state index is 5.42. The summed E-state index contributed by atoms with van der Waals surface area (Å²) in [5, 5.41) is 0. The second kappa shape index (κ2) is 3.67. The highest BCUT2D eigenvalue weighted by Gasteiger charge is 2.27. The Morgan fingerprint density at radius 3 is 2.10 bits per heavy atom. The third kappa shape index (κ3) is 2.93. The Labute approximate surface area is 64.9 Å². The van der Waals surface area contributed by atoms with E-state index >= 15 is 0 Å². The van der Waals surface area contributed by atoms with E-state index in [9.17, 15) is 0 Å². The fourth-order valence-corrected chi connectivity index (χ4v) is 0.901. The van der Waals surface area contributed by atoms with E-state index in [0.717, 1.165) is 0 Å². The molecule has 2 heteroatoms. The van der Waals surface area contributed by atoms with Gasteiger partial charge in [0.1, 0.15) is 0 Å². The van der Waals surface area contributed by atoms with Crippen LogP contribution < -0.4 is 0 Å². The molecule has 0 bridgehead atoms. The Hall–Kier alpha value is -0.423. The van der Waals surface area contributed by atoms with Gasteiger partial charge in [-0.2, -0.15) is 0 Å². The van der Waals surface area contributed by atoms with E-state index in [1.165, 1.54) is 0 Å². The summed E-state index contributed by atoms with van der Waals surface area (Å²) in [5.74, 6) is 2.74. The second-order valence-electron chi connectivity index (χ2n) is 3.21. The molecule has 0 saturated heterocycles. The van der Waals surface area contributed by atoms with E-state index in [4.69, 9.17) is 4.43 Å². The predicted molar refractivity (Wildman–Crippen MR) is 47.1 cm³/mol. The van der Waals surface area contributed by atoms with Crippen LogP contribution in [0.15, 0.2) is 0 Å². The molecule has 0 aromatic rings. The Kier molecular flexibility index (Phi) is 3.52. The number of rotatable bonds is 2. The van der Waals surface area contributed by atoms with Gasteiger partial charge in [0, 0.05) is 6.92 Å². The zero-order chi connectivity index (χ0) is 8.20. The third-order valence-electron chi connectivity index (χ3n) is 1.81. The van der Waals surface area contributed by atoms with Gasteiger partial charge in [-0.05, 0) is 18.6 Å². The van der Waals surface area contributed by atoms with Gasteiger partial charge < -0.3 is 4.43 Å². The van der Waals surface area contributed by atoms with Crippen LogP contribution in [-0.2, 0) is 4.43 Å². The fourth-order valence-electron chi connectivity index (χ4n) is 0.300. The van der Waals surface area contributed by atoms with Crippen LogP contribution in [-0.4, -0.2) is 8.32 Å². The summed E-state index contributed by atoms with van der Waals surface area (Å²) in [7, 11) is -1.48. The molecule has 0 atom stereocenters. The van der Waals surface area contributed by atoms with Crippen molar-refractivity contribution >= 4 is 8.32 Å². The molecular weight excluding hydrogens is 140 g/mol. The Bertz CT molecular complexity index is 150. The highest BCUT2D eigenvalue weighted by Crippen LogP contribution is 2.20. The first-order valence-corrected chi connectivity index (χ1v) is 6.59. The summed E-state index contributed by atoms with van der Waals surface area (Å²) in [6, 6.07) is 0. The van der Waals surface area contributed by atoms with E-state index in [1.807, 2.05) is 0 Å². The summed E-state index contributed by atoms with van der Waals surface area (Å²) < 4.78 is 5.42. The summed E-state index contributed by atoms with van der Waals surface area (Å²) in [6.45, 7) is 10.5. The van der Waals surface area contributed by atoms with Crippen molar-refractivity contribution in [1.29, 1.82) is 0 Å². The van der Waals surface area contributed by atoms with Crippen molar-refractivity contribution in [2.24, 2.45) is 0 Å². The van der Waals surface area contributed by atoms with Gasteiger partial charge in [-0.1, -0.05) is 19.8 Å². The number of hydrogen-bond donors (Lipinski definition) is 0. The van der Waals surface area contributed by atoms with Gasteiger partial charge in [-0.25, -0.2) is 0 Å². The van der Waals surface area contributed by atoms with Crippen LogP contribution in [0.2, 0.25) is 18.6 Å². The van der Waals surface area contributed by atoms with Crippen molar-refractivity contribution in [1.82, 2.24) is 0 Å². The molecule has 0 aliphatic carbocycles. The standard InChI is InChI=1S/C8H16OSi/c1-6-7-9-10(4,5)8(2)3/h8H,1-5H3. The molecule has 0 aromatic carbocycles. The summed E-state index contributed by atoms with van der Waals surface area (Å²) in [5.41, 5.74) is 0.633. The lowest BCUT2D eigenvalue weighted by molar-refractivity contribution is 0.496. The highest BCUT2D eigenvalue weighted by molar-refractivity contribution is 6.72. The first-order chi connectivity index (χ1) is 4.50. The fraction of sp³-hybridized carbons (Fsp3) is 0.750. The maximum atomic E-state index is 5.42. The molecule has 0 rings (SSSR count). The minimum absolute atomic E-state index is 0.633. The van der Waals surface area contributed by atoms with Crippen LogP contribution in [0.25, 0.3) is 0 Å². The second-order valence-corrected chi connectivity index (χ2v) is 7.78. The Morgan fingerprint density at radius 1 is 1.30 bits per heavy atom. The Balaban J connectivity index is 3.95. The molecule has 0 aliphatic rings. The summed E-state index contributed by atoms with van der Waals surface area (Å²) >= 11 is 0. The monoisotopic (exact) mass is 156 g/mol. The van der Waals surface area contributed by atoms with Gasteiger partial charge >= 0.3 is 0 Å². The minimum atomic E-state index is -1.48. The smallest absolute Gasteiger partial charge is 0.261 e. The van der Waals surface area contributed by atoms with E-state index in [2.05, 4.69) is 39.0 Å². The molecule has 0 N–H and O–H groups in total. The lowest BCUT2D eigenvalue weighted by Gasteiger charge is -2.22. The highest BCUT2D eigenvalue weighted by atomic mass is 28.4. The molecule has 0 saturated carbocycles. The summed E-state index contributed by atoms with van der Waals surface area (Å²) in [4.78, 5) is 0. The van der Waals surface area contributed by atoms with Crippen LogP contribution in [0.5, 0.6) is 0 Å². The maximum Gasteiger partial charge on any atom is 0.261 e. The van der Waals surface area contributed by atoms with Crippen LogP contribution in [0, 0.1) is 12.0 Å². The zero-order valence-corrected chi connectivity index (χ0v) is 8.49. The average molecular weight is 156 g/mol. The molecule has 0 aromatic heterocycles. The molecular formula is C8H16OSi. The van der Waals surface area contributed by atoms with E-state index in [1.54, 1.807) is 6.92 Å². The van der Waals surface area contributed by atoms with Gasteiger partial charge in [0.05, 0.1) is 6.11 Å². The van der Waals surface area contributed by atoms with Crippen LogP contribution >= 0.6 is 0 Å². The first kappa shape index (κ1) is 9.58. The topological polar surface area (TPSA) is 9.23 Å². The van der Waals surface area contributed by atoms with Crippen molar-refractivity contribution in [2.75, 3.05) is 0 Å². The van der Waals surface area contributed by atoms with Gasteiger partial charge in [0.15, 0.2) is 0 Å². The van der Waals surface area contributed by atoms with Gasteiger partial charge in [0.2, 0.25) is 0 Å². The van der Waals surface area contributed by atoms with Crippen LogP contribution in [0.1, 0.15) is 20.8 Å². The van der Waals surface area contributed by atoms with Crippen LogP contribution in [0.4, 0.5) is 0 Å². The number of hydrogen-bond acceptors (Lipinski definition) is 1. The van der Waals surface area contributed by atoms with E-state index < -0.39 is 8.32 Å². The van der Waals surface area contributed by atoms with Crippen LogP contribution in [0.3, 0.4) is 0 Å². The Morgan fingerprint density at radius 2 is 1.80 bits per heavy atom. The molecule has 10 heavy (non-hydrogen) atoms. The molecule has 0 unspecified atom stereocenters. The predicted octanol–water partition coefficient (Wildman–Crippen LogP) is 2.60. The van der Waals surface area contributed by atoms with Gasteiger partial charge in [-0.15, -0.1) is 0 Å². The molecule has 0 spiro atoms. The molecule has 0 radical (unpaired) electrons. The van der Waals surface area contributed by atoms with Gasteiger partial charge in [-0.3, -0.25) is 0 Å². The minimum Gasteiger partial charge on any atom is -0.501 e. The van der Waals surface area contributed by atoms with E-state index in [0.29, 0.717) is 5.54 Å². The molecule has 0 fully saturated rings. The van der Waals surface area contributed by atoms with Crippen molar-refractivity contribution in [3.8, 4) is 12.0 Å². The van der Waals surface area contributed by atoms with Crippen molar-refractivity contribution in [3.05, 3.63) is 0 Å². The molecule has 0 amide bonds. The average Bonchev–Trinajstić information content (AvgIpc) is 1.84. The van der Waals surface area contributed by atoms with Crippen molar-refractivity contribution in [2.45, 2.75) is 39.4 Å². The lowest BCUT2D eigenvalue weighted by Crippen LogP contribution is -2.31. The van der Waals surface area contributed by atoms with Crippen molar-refractivity contribution in [3.63, 3.8) is 0 Å². The molecule has 58 valence electrons. The lowest BCUT2D eigenvalue weighted by atomic mass is 10.6. The SMILES string of the molecule is CC#CO[Si](C)(C)C(C)C. The van der Waals surface area contributed by atoms with E-state index in [-0.39, 0.29) is 0 Å². The van der Waals surface area contributed by atoms with Gasteiger partial charge in [0.25, 0.3) is 8.32 Å². The normalized spacial score (nSPS) is 10.6. The third-order valence-corrected chi connectivity index (χ3v) is 5.22.